The molecule has 0 radical (unpaired) electrons. The van der Waals surface area contributed by atoms with Gasteiger partial charge in [-0.3, -0.25) is 4.18 Å². The third-order valence-electron chi connectivity index (χ3n) is 5.11. The van der Waals surface area contributed by atoms with E-state index in [-0.39, 0.29) is 18.3 Å². The van der Waals surface area contributed by atoms with E-state index in [9.17, 15) is 18.3 Å². The zero-order chi connectivity index (χ0) is 18.5. The molecule has 136 valence electrons. The molecular formula is C14H29NO6SSi. The summed E-state index contributed by atoms with van der Waals surface area (Å²) in [6.45, 7) is 15.4. The van der Waals surface area contributed by atoms with Gasteiger partial charge in [-0.25, -0.2) is 4.79 Å². The smallest absolute Gasteiger partial charge is 0.423 e. The Kier molecular flexibility index (Phi) is 5.07. The molecule has 0 aliphatic carbocycles. The highest BCUT2D eigenvalue weighted by Crippen LogP contribution is 2.45. The van der Waals surface area contributed by atoms with E-state index in [1.54, 1.807) is 20.8 Å². The van der Waals surface area contributed by atoms with Gasteiger partial charge in [-0.05, 0) is 23.5 Å². The van der Waals surface area contributed by atoms with Gasteiger partial charge in [0.2, 0.25) is 0 Å². The lowest BCUT2D eigenvalue weighted by Gasteiger charge is -2.46. The van der Waals surface area contributed by atoms with Crippen molar-refractivity contribution in [3.63, 3.8) is 0 Å². The predicted octanol–water partition coefficient (Wildman–Crippen LogP) is 3.05. The van der Waals surface area contributed by atoms with E-state index < -0.39 is 35.7 Å². The van der Waals surface area contributed by atoms with Crippen LogP contribution in [0.4, 0.5) is 4.79 Å². The number of nitrogens with zero attached hydrogens (tertiary/aromatic N) is 1. The van der Waals surface area contributed by atoms with Crippen LogP contribution in [0.5, 0.6) is 0 Å². The van der Waals surface area contributed by atoms with E-state index in [2.05, 4.69) is 20.8 Å². The second kappa shape index (κ2) is 5.71. The molecule has 1 heterocycles. The Bertz CT molecular complexity index is 575. The van der Waals surface area contributed by atoms with Crippen LogP contribution in [0.2, 0.25) is 18.1 Å². The summed E-state index contributed by atoms with van der Waals surface area (Å²) >= 11 is 0. The third-order valence-corrected chi connectivity index (χ3v) is 11.0. The monoisotopic (exact) mass is 367 g/mol. The van der Waals surface area contributed by atoms with Gasteiger partial charge < -0.3 is 9.53 Å². The van der Waals surface area contributed by atoms with Crippen molar-refractivity contribution in [3.05, 3.63) is 0 Å². The van der Waals surface area contributed by atoms with Gasteiger partial charge in [-0.2, -0.15) is 12.7 Å². The Morgan fingerprint density at radius 2 is 1.74 bits per heavy atom. The molecule has 0 unspecified atom stereocenters. The van der Waals surface area contributed by atoms with Crippen molar-refractivity contribution in [1.82, 2.24) is 4.31 Å². The minimum atomic E-state index is -4.31. The summed E-state index contributed by atoms with van der Waals surface area (Å²) in [4.78, 5) is 11.6. The molecule has 7 nitrogen and oxygen atoms in total. The average Bonchev–Trinajstić information content (AvgIpc) is 2.57. The van der Waals surface area contributed by atoms with Crippen molar-refractivity contribution in [1.29, 1.82) is 0 Å². The van der Waals surface area contributed by atoms with Gasteiger partial charge in [-0.1, -0.05) is 41.5 Å². The lowest BCUT2D eigenvalue weighted by atomic mass is 9.74. The highest BCUT2D eigenvalue weighted by atomic mass is 32.2. The van der Waals surface area contributed by atoms with Crippen molar-refractivity contribution in [2.75, 3.05) is 13.2 Å². The second-order valence-electron chi connectivity index (χ2n) is 8.60. The van der Waals surface area contributed by atoms with Gasteiger partial charge in [0.25, 0.3) is 0 Å². The van der Waals surface area contributed by atoms with Gasteiger partial charge >= 0.3 is 16.4 Å². The average molecular weight is 368 g/mol. The second-order valence-corrected chi connectivity index (χ2v) is 14.9. The zero-order valence-electron chi connectivity index (χ0n) is 15.3. The van der Waals surface area contributed by atoms with Crippen LogP contribution in [-0.2, 0) is 18.9 Å². The number of rotatable bonds is 3. The van der Waals surface area contributed by atoms with Crippen LogP contribution in [0.1, 0.15) is 41.5 Å². The molecule has 1 N–H and O–H groups in total. The number of hydrogen-bond donors (Lipinski definition) is 1. The predicted molar refractivity (Wildman–Crippen MR) is 90.1 cm³/mol. The molecule has 23 heavy (non-hydrogen) atoms. The summed E-state index contributed by atoms with van der Waals surface area (Å²) in [5.41, 5.74) is -1.97. The molecular weight excluding hydrogens is 338 g/mol. The van der Waals surface area contributed by atoms with Crippen LogP contribution in [0.15, 0.2) is 0 Å². The SMILES string of the molecule is CC(C)(C)[C@]1(CO[Si](C)(C)C(C)(C)C)COS(=O)(=O)N1C(=O)O. The largest absolute Gasteiger partial charge is 0.464 e. The van der Waals surface area contributed by atoms with Crippen LogP contribution in [0.25, 0.3) is 0 Å². The molecule has 0 spiro atoms. The fourth-order valence-corrected chi connectivity index (χ4v) is 4.61. The molecule has 0 aromatic heterocycles. The van der Waals surface area contributed by atoms with E-state index in [1.807, 2.05) is 13.1 Å². The molecule has 0 aromatic carbocycles. The van der Waals surface area contributed by atoms with E-state index in [0.717, 1.165) is 0 Å². The van der Waals surface area contributed by atoms with E-state index >= 15 is 0 Å². The minimum Gasteiger partial charge on any atom is -0.464 e. The van der Waals surface area contributed by atoms with Crippen LogP contribution < -0.4 is 0 Å². The fraction of sp³-hybridized carbons (Fsp3) is 0.929. The first-order chi connectivity index (χ1) is 9.98. The van der Waals surface area contributed by atoms with E-state index in [0.29, 0.717) is 4.31 Å². The first-order valence-electron chi connectivity index (χ1n) is 7.55. The van der Waals surface area contributed by atoms with Crippen molar-refractivity contribution in [3.8, 4) is 0 Å². The van der Waals surface area contributed by atoms with Crippen LogP contribution in [0, 0.1) is 5.41 Å². The van der Waals surface area contributed by atoms with E-state index in [1.165, 1.54) is 0 Å². The molecule has 1 fully saturated rings. The standard InChI is InChI=1S/C14H29NO6SSi/c1-12(2,3)14(10-21-23(7,8)13(4,5)6)9-20-22(18,19)15(14)11(16)17/h9-10H2,1-8H3,(H,16,17)/t14-/m1/s1. The summed E-state index contributed by atoms with van der Waals surface area (Å²) in [6, 6.07) is 0. The van der Waals surface area contributed by atoms with Crippen molar-refractivity contribution < 1.29 is 26.9 Å². The molecule has 9 heteroatoms. The van der Waals surface area contributed by atoms with Crippen LogP contribution in [0.3, 0.4) is 0 Å². The Morgan fingerprint density at radius 1 is 1.26 bits per heavy atom. The number of carboxylic acid groups (broad SMARTS) is 1. The molecule has 0 saturated carbocycles. The van der Waals surface area contributed by atoms with Gasteiger partial charge in [0.15, 0.2) is 8.32 Å². The Labute approximate surface area is 140 Å². The maximum atomic E-state index is 12.1. The normalized spacial score (nSPS) is 25.7. The van der Waals surface area contributed by atoms with Crippen molar-refractivity contribution >= 4 is 24.7 Å². The Hall–Kier alpha value is -0.643. The molecule has 1 saturated heterocycles. The summed E-state index contributed by atoms with van der Waals surface area (Å²) in [6.07, 6.45) is -1.55. The highest BCUT2D eigenvalue weighted by Gasteiger charge is 2.61. The quantitative estimate of drug-likeness (QED) is 0.771. The summed E-state index contributed by atoms with van der Waals surface area (Å²) in [7, 11) is -6.49. The third kappa shape index (κ3) is 3.57. The number of amides is 1. The maximum Gasteiger partial charge on any atom is 0.423 e. The molecule has 0 aromatic rings. The first kappa shape index (κ1) is 20.4. The van der Waals surface area contributed by atoms with E-state index in [4.69, 9.17) is 8.61 Å². The minimum absolute atomic E-state index is 0.0154. The van der Waals surface area contributed by atoms with Crippen molar-refractivity contribution in [2.24, 2.45) is 5.41 Å². The van der Waals surface area contributed by atoms with Gasteiger partial charge in [0, 0.05) is 0 Å². The zero-order valence-corrected chi connectivity index (χ0v) is 17.1. The van der Waals surface area contributed by atoms with Crippen molar-refractivity contribution in [2.45, 2.75) is 65.2 Å². The molecule has 1 rings (SSSR count). The topological polar surface area (TPSA) is 93.1 Å². The molecule has 1 aliphatic rings. The van der Waals surface area contributed by atoms with Gasteiger partial charge in [0.05, 0.1) is 13.2 Å². The Balaban J connectivity index is 3.30. The molecule has 0 bridgehead atoms. The lowest BCUT2D eigenvalue weighted by Crippen LogP contribution is -2.62. The summed E-state index contributed by atoms with van der Waals surface area (Å²) in [5.74, 6) is 0. The first-order valence-corrected chi connectivity index (χ1v) is 11.8. The highest BCUT2D eigenvalue weighted by molar-refractivity contribution is 7.85. The van der Waals surface area contributed by atoms with Crippen LogP contribution >= 0.6 is 0 Å². The lowest BCUT2D eigenvalue weighted by molar-refractivity contribution is 0.00994. The number of carbonyl (C=O) groups is 1. The van der Waals surface area contributed by atoms with Gasteiger partial charge in [-0.15, -0.1) is 0 Å². The summed E-state index contributed by atoms with van der Waals surface area (Å²) < 4.78 is 35.6. The summed E-state index contributed by atoms with van der Waals surface area (Å²) in [5, 5.41) is 9.39. The van der Waals surface area contributed by atoms with Gasteiger partial charge in [0.1, 0.15) is 5.54 Å². The Morgan fingerprint density at radius 3 is 2.09 bits per heavy atom. The maximum absolute atomic E-state index is 12.1. The molecule has 1 amide bonds. The fourth-order valence-electron chi connectivity index (χ4n) is 2.13. The van der Waals surface area contributed by atoms with Crippen LogP contribution in [-0.4, -0.2) is 51.0 Å². The molecule has 1 aliphatic heterocycles. The number of hydrogen-bond acceptors (Lipinski definition) is 5. The molecule has 1 atom stereocenters.